The van der Waals surface area contributed by atoms with Crippen LogP contribution in [0, 0.1) is 5.82 Å². The number of amides is 1. The van der Waals surface area contributed by atoms with Gasteiger partial charge in [-0.2, -0.15) is 4.98 Å². The van der Waals surface area contributed by atoms with Crippen molar-refractivity contribution in [2.45, 2.75) is 13.5 Å². The molecular weight excluding hydrogens is 333 g/mol. The molecule has 0 fully saturated rings. The molecule has 0 bridgehead atoms. The van der Waals surface area contributed by atoms with Crippen LogP contribution in [0.15, 0.2) is 60.7 Å². The standard InChI is InChI=1S/C20H18FN3O2/c1-13(25)23-19-18(22)11-17(21)20(24-19)26-12-14-7-9-16(10-8-14)15-5-3-2-4-6-15/h2-11H,12,22H2,1H3,(H,23,24,25). The second-order valence-electron chi connectivity index (χ2n) is 5.75. The van der Waals surface area contributed by atoms with Gasteiger partial charge < -0.3 is 15.8 Å². The van der Waals surface area contributed by atoms with Crippen molar-refractivity contribution in [1.82, 2.24) is 4.98 Å². The smallest absolute Gasteiger partial charge is 0.252 e. The summed E-state index contributed by atoms with van der Waals surface area (Å²) >= 11 is 0. The molecular formula is C20H18FN3O2. The van der Waals surface area contributed by atoms with Gasteiger partial charge in [0.25, 0.3) is 5.88 Å². The number of anilines is 2. The van der Waals surface area contributed by atoms with Crippen molar-refractivity contribution >= 4 is 17.4 Å². The quantitative estimate of drug-likeness (QED) is 0.728. The summed E-state index contributed by atoms with van der Waals surface area (Å²) in [4.78, 5) is 15.1. The van der Waals surface area contributed by atoms with Crippen LogP contribution < -0.4 is 15.8 Å². The van der Waals surface area contributed by atoms with Gasteiger partial charge in [-0.15, -0.1) is 0 Å². The maximum atomic E-state index is 14.0. The van der Waals surface area contributed by atoms with Gasteiger partial charge in [0, 0.05) is 13.0 Å². The fourth-order valence-electron chi connectivity index (χ4n) is 2.43. The second-order valence-corrected chi connectivity index (χ2v) is 5.75. The molecule has 132 valence electrons. The molecule has 0 aliphatic heterocycles. The van der Waals surface area contributed by atoms with Crippen LogP contribution in [-0.2, 0) is 11.4 Å². The lowest BCUT2D eigenvalue weighted by atomic mass is 10.0. The number of hydrogen-bond donors (Lipinski definition) is 2. The maximum absolute atomic E-state index is 14.0. The molecule has 0 atom stereocenters. The number of halogens is 1. The zero-order chi connectivity index (χ0) is 18.5. The first kappa shape index (κ1) is 17.4. The summed E-state index contributed by atoms with van der Waals surface area (Å²) in [7, 11) is 0. The van der Waals surface area contributed by atoms with E-state index in [0.29, 0.717) is 0 Å². The summed E-state index contributed by atoms with van der Waals surface area (Å²) in [5, 5.41) is 2.44. The SMILES string of the molecule is CC(=O)Nc1nc(OCc2ccc(-c3ccccc3)cc2)c(F)cc1N. The van der Waals surface area contributed by atoms with Crippen molar-refractivity contribution in [1.29, 1.82) is 0 Å². The highest BCUT2D eigenvalue weighted by Gasteiger charge is 2.12. The molecule has 0 aliphatic rings. The number of nitrogens with zero attached hydrogens (tertiary/aromatic N) is 1. The minimum Gasteiger partial charge on any atom is -0.471 e. The van der Waals surface area contributed by atoms with E-state index in [0.717, 1.165) is 22.8 Å². The number of rotatable bonds is 5. The fourth-order valence-corrected chi connectivity index (χ4v) is 2.43. The number of nitrogens with one attached hydrogen (secondary N) is 1. The average Bonchev–Trinajstić information content (AvgIpc) is 2.64. The molecule has 0 unspecified atom stereocenters. The van der Waals surface area contributed by atoms with E-state index < -0.39 is 5.82 Å². The largest absolute Gasteiger partial charge is 0.471 e. The Hall–Kier alpha value is -3.41. The lowest BCUT2D eigenvalue weighted by Crippen LogP contribution is -2.11. The van der Waals surface area contributed by atoms with E-state index in [1.54, 1.807) is 0 Å². The van der Waals surface area contributed by atoms with Crippen LogP contribution in [0.2, 0.25) is 0 Å². The normalized spacial score (nSPS) is 10.4. The number of carbonyl (C=O) groups excluding carboxylic acids is 1. The van der Waals surface area contributed by atoms with Gasteiger partial charge in [0.05, 0.1) is 5.69 Å². The molecule has 5 nitrogen and oxygen atoms in total. The number of ether oxygens (including phenoxy) is 1. The van der Waals surface area contributed by atoms with E-state index >= 15 is 0 Å². The average molecular weight is 351 g/mol. The zero-order valence-corrected chi connectivity index (χ0v) is 14.2. The number of hydrogen-bond acceptors (Lipinski definition) is 4. The van der Waals surface area contributed by atoms with Crippen molar-refractivity contribution in [2.75, 3.05) is 11.1 Å². The van der Waals surface area contributed by atoms with Crippen LogP contribution in [0.5, 0.6) is 5.88 Å². The molecule has 0 aliphatic carbocycles. The molecule has 3 N–H and O–H groups in total. The summed E-state index contributed by atoms with van der Waals surface area (Å²) in [5.74, 6) is -1.17. The predicted molar refractivity (Wildman–Crippen MR) is 99.1 cm³/mol. The Morgan fingerprint density at radius 2 is 1.77 bits per heavy atom. The Morgan fingerprint density at radius 3 is 2.42 bits per heavy atom. The monoisotopic (exact) mass is 351 g/mol. The van der Waals surface area contributed by atoms with E-state index in [1.807, 2.05) is 54.6 Å². The van der Waals surface area contributed by atoms with Gasteiger partial charge in [-0.1, -0.05) is 54.6 Å². The third-order valence-electron chi connectivity index (χ3n) is 3.70. The van der Waals surface area contributed by atoms with Gasteiger partial charge in [-0.25, -0.2) is 4.39 Å². The van der Waals surface area contributed by atoms with Gasteiger partial charge in [-0.05, 0) is 16.7 Å². The second kappa shape index (κ2) is 7.65. The molecule has 0 spiro atoms. The molecule has 0 saturated heterocycles. The molecule has 26 heavy (non-hydrogen) atoms. The highest BCUT2D eigenvalue weighted by molar-refractivity contribution is 5.90. The third kappa shape index (κ3) is 4.16. The van der Waals surface area contributed by atoms with E-state index in [4.69, 9.17) is 10.5 Å². The van der Waals surface area contributed by atoms with Crippen molar-refractivity contribution in [2.24, 2.45) is 0 Å². The van der Waals surface area contributed by atoms with Crippen molar-refractivity contribution < 1.29 is 13.9 Å². The van der Waals surface area contributed by atoms with Crippen LogP contribution >= 0.6 is 0 Å². The minimum atomic E-state index is -0.683. The Labute approximate surface area is 150 Å². The first-order chi connectivity index (χ1) is 12.5. The number of nitrogen functional groups attached to an aromatic ring is 1. The van der Waals surface area contributed by atoms with E-state index in [-0.39, 0.29) is 29.9 Å². The Kier molecular flexibility index (Phi) is 5.12. The number of pyridine rings is 1. The number of benzene rings is 2. The summed E-state index contributed by atoms with van der Waals surface area (Å²) in [6.07, 6.45) is 0. The first-order valence-corrected chi connectivity index (χ1v) is 8.03. The topological polar surface area (TPSA) is 77.2 Å². The van der Waals surface area contributed by atoms with E-state index in [9.17, 15) is 9.18 Å². The van der Waals surface area contributed by atoms with Crippen LogP contribution in [0.3, 0.4) is 0 Å². The van der Waals surface area contributed by atoms with Gasteiger partial charge >= 0.3 is 0 Å². The van der Waals surface area contributed by atoms with Gasteiger partial charge in [0.2, 0.25) is 5.91 Å². The zero-order valence-electron chi connectivity index (χ0n) is 14.2. The highest BCUT2D eigenvalue weighted by Crippen LogP contribution is 2.25. The lowest BCUT2D eigenvalue weighted by Gasteiger charge is -2.11. The fraction of sp³-hybridized carbons (Fsp3) is 0.100. The minimum absolute atomic E-state index is 0.0391. The van der Waals surface area contributed by atoms with Crippen molar-refractivity contribution in [3.05, 3.63) is 72.0 Å². The molecule has 3 aromatic rings. The molecule has 0 saturated carbocycles. The summed E-state index contributed by atoms with van der Waals surface area (Å²) in [6, 6.07) is 18.8. The summed E-state index contributed by atoms with van der Waals surface area (Å²) in [5.41, 5.74) is 8.75. The predicted octanol–water partition coefficient (Wildman–Crippen LogP) is 4.01. The van der Waals surface area contributed by atoms with E-state index in [2.05, 4.69) is 10.3 Å². The van der Waals surface area contributed by atoms with Gasteiger partial charge in [0.1, 0.15) is 6.61 Å². The van der Waals surface area contributed by atoms with Crippen LogP contribution in [-0.4, -0.2) is 10.9 Å². The first-order valence-electron chi connectivity index (χ1n) is 8.03. The number of aromatic nitrogens is 1. The van der Waals surface area contributed by atoms with Crippen LogP contribution in [0.25, 0.3) is 11.1 Å². The van der Waals surface area contributed by atoms with E-state index in [1.165, 1.54) is 6.92 Å². The molecule has 6 heteroatoms. The Balaban J connectivity index is 1.72. The summed E-state index contributed by atoms with van der Waals surface area (Å²) < 4.78 is 19.4. The Bertz CT molecular complexity index is 912. The third-order valence-corrected chi connectivity index (χ3v) is 3.70. The van der Waals surface area contributed by atoms with Crippen LogP contribution in [0.4, 0.5) is 15.9 Å². The Morgan fingerprint density at radius 1 is 1.12 bits per heavy atom. The molecule has 1 heterocycles. The molecule has 2 aromatic carbocycles. The molecule has 0 radical (unpaired) electrons. The maximum Gasteiger partial charge on any atom is 0.252 e. The number of nitrogens with two attached hydrogens (primary N) is 1. The lowest BCUT2D eigenvalue weighted by molar-refractivity contribution is -0.114. The highest BCUT2D eigenvalue weighted by atomic mass is 19.1. The molecule has 3 rings (SSSR count). The van der Waals surface area contributed by atoms with Gasteiger partial charge in [0.15, 0.2) is 11.6 Å². The van der Waals surface area contributed by atoms with Crippen molar-refractivity contribution in [3.63, 3.8) is 0 Å². The molecule has 1 amide bonds. The number of carbonyl (C=O) groups is 1. The van der Waals surface area contributed by atoms with Crippen molar-refractivity contribution in [3.8, 4) is 17.0 Å². The van der Waals surface area contributed by atoms with Gasteiger partial charge in [-0.3, -0.25) is 4.79 Å². The summed E-state index contributed by atoms with van der Waals surface area (Å²) in [6.45, 7) is 1.46. The molecule has 1 aromatic heterocycles. The van der Waals surface area contributed by atoms with Crippen LogP contribution in [0.1, 0.15) is 12.5 Å².